The summed E-state index contributed by atoms with van der Waals surface area (Å²) in [4.78, 5) is 26.2. The van der Waals surface area contributed by atoms with Crippen molar-refractivity contribution in [1.82, 2.24) is 5.32 Å². The number of ether oxygens (including phenoxy) is 1. The maximum absolute atomic E-state index is 12.8. The van der Waals surface area contributed by atoms with E-state index in [4.69, 9.17) is 27.9 Å². The number of amides is 3. The SMILES string of the molecule is O=C1N/C(=C/c2cc(Br)c(OCc3ccc(Cl)cc3Cl)c(Br)c2)C(=O)N1c1ccccc1. The van der Waals surface area contributed by atoms with Gasteiger partial charge in [-0.05, 0) is 79.9 Å². The Balaban J connectivity index is 1.55. The molecule has 0 unspecified atom stereocenters. The Kier molecular flexibility index (Phi) is 6.90. The van der Waals surface area contributed by atoms with Crippen LogP contribution in [0.4, 0.5) is 10.5 Å². The van der Waals surface area contributed by atoms with Gasteiger partial charge in [0.05, 0.1) is 14.6 Å². The molecule has 0 bridgehead atoms. The molecule has 0 saturated carbocycles. The van der Waals surface area contributed by atoms with Gasteiger partial charge in [-0.2, -0.15) is 0 Å². The first-order chi connectivity index (χ1) is 15.3. The number of urea groups is 1. The number of rotatable bonds is 5. The number of carbonyl (C=O) groups excluding carboxylic acids is 2. The van der Waals surface area contributed by atoms with E-state index in [0.29, 0.717) is 36.0 Å². The van der Waals surface area contributed by atoms with E-state index in [9.17, 15) is 9.59 Å². The second kappa shape index (κ2) is 9.67. The largest absolute Gasteiger partial charge is 0.486 e. The van der Waals surface area contributed by atoms with Crippen LogP contribution in [-0.2, 0) is 11.4 Å². The summed E-state index contributed by atoms with van der Waals surface area (Å²) in [5, 5.41) is 3.69. The van der Waals surface area contributed by atoms with Crippen LogP contribution in [-0.4, -0.2) is 11.9 Å². The third-order valence-electron chi connectivity index (χ3n) is 4.61. The average molecular weight is 597 g/mol. The summed E-state index contributed by atoms with van der Waals surface area (Å²) >= 11 is 19.2. The van der Waals surface area contributed by atoms with Crippen LogP contribution in [0.25, 0.3) is 6.08 Å². The molecule has 0 radical (unpaired) electrons. The molecule has 0 aliphatic carbocycles. The molecular formula is C23H14Br2Cl2N2O3. The molecule has 32 heavy (non-hydrogen) atoms. The minimum atomic E-state index is -0.495. The Labute approximate surface area is 211 Å². The van der Waals surface area contributed by atoms with Crippen LogP contribution < -0.4 is 15.0 Å². The summed E-state index contributed by atoms with van der Waals surface area (Å²) in [5.74, 6) is 0.150. The van der Waals surface area contributed by atoms with Crippen LogP contribution in [0.2, 0.25) is 10.0 Å². The average Bonchev–Trinajstić information content (AvgIpc) is 3.02. The van der Waals surface area contributed by atoms with Crippen molar-refractivity contribution in [1.29, 1.82) is 0 Å². The van der Waals surface area contributed by atoms with Gasteiger partial charge in [0, 0.05) is 15.6 Å². The Morgan fingerprint density at radius 3 is 2.31 bits per heavy atom. The summed E-state index contributed by atoms with van der Waals surface area (Å²) in [6, 6.07) is 17.1. The van der Waals surface area contributed by atoms with Crippen LogP contribution >= 0.6 is 55.1 Å². The molecular weight excluding hydrogens is 583 g/mol. The fourth-order valence-electron chi connectivity index (χ4n) is 3.10. The Bertz CT molecular complexity index is 1230. The van der Waals surface area contributed by atoms with Crippen molar-refractivity contribution in [3.63, 3.8) is 0 Å². The molecule has 1 fully saturated rings. The first-order valence-corrected chi connectivity index (χ1v) is 11.7. The Morgan fingerprint density at radius 1 is 0.969 bits per heavy atom. The van der Waals surface area contributed by atoms with E-state index in [0.717, 1.165) is 10.5 Å². The van der Waals surface area contributed by atoms with E-state index >= 15 is 0 Å². The predicted molar refractivity (Wildman–Crippen MR) is 133 cm³/mol. The van der Waals surface area contributed by atoms with E-state index in [1.165, 1.54) is 0 Å². The smallest absolute Gasteiger partial charge is 0.333 e. The number of hydrogen-bond donors (Lipinski definition) is 1. The maximum atomic E-state index is 12.8. The maximum Gasteiger partial charge on any atom is 0.333 e. The predicted octanol–water partition coefficient (Wildman–Crippen LogP) is 7.19. The molecule has 162 valence electrons. The van der Waals surface area contributed by atoms with Crippen molar-refractivity contribution in [3.8, 4) is 5.75 Å². The number of nitrogens with zero attached hydrogens (tertiary/aromatic N) is 1. The van der Waals surface area contributed by atoms with Gasteiger partial charge in [0.15, 0.2) is 0 Å². The summed E-state index contributed by atoms with van der Waals surface area (Å²) in [6.45, 7) is 0.244. The van der Waals surface area contributed by atoms with Crippen LogP contribution in [0.3, 0.4) is 0 Å². The molecule has 3 aromatic carbocycles. The van der Waals surface area contributed by atoms with Crippen molar-refractivity contribution in [2.45, 2.75) is 6.61 Å². The lowest BCUT2D eigenvalue weighted by atomic mass is 10.1. The molecule has 1 N–H and O–H groups in total. The molecule has 9 heteroatoms. The minimum Gasteiger partial charge on any atom is -0.486 e. The summed E-state index contributed by atoms with van der Waals surface area (Å²) < 4.78 is 7.26. The number of para-hydroxylation sites is 1. The second-order valence-electron chi connectivity index (χ2n) is 6.80. The minimum absolute atomic E-state index is 0.180. The first-order valence-electron chi connectivity index (χ1n) is 9.31. The van der Waals surface area contributed by atoms with Gasteiger partial charge in [0.2, 0.25) is 0 Å². The summed E-state index contributed by atoms with van der Waals surface area (Å²) in [5.41, 5.74) is 2.17. The summed E-state index contributed by atoms with van der Waals surface area (Å²) in [6.07, 6.45) is 1.61. The zero-order chi connectivity index (χ0) is 22.8. The van der Waals surface area contributed by atoms with E-state index in [1.807, 2.05) is 6.07 Å². The topological polar surface area (TPSA) is 58.6 Å². The highest BCUT2D eigenvalue weighted by Gasteiger charge is 2.34. The summed E-state index contributed by atoms with van der Waals surface area (Å²) in [7, 11) is 0. The lowest BCUT2D eigenvalue weighted by Gasteiger charge is -2.13. The zero-order valence-electron chi connectivity index (χ0n) is 16.2. The van der Waals surface area contributed by atoms with Gasteiger partial charge < -0.3 is 10.1 Å². The van der Waals surface area contributed by atoms with E-state index in [2.05, 4.69) is 37.2 Å². The van der Waals surface area contributed by atoms with Crippen LogP contribution in [0.5, 0.6) is 5.75 Å². The van der Waals surface area contributed by atoms with Gasteiger partial charge in [-0.3, -0.25) is 4.79 Å². The zero-order valence-corrected chi connectivity index (χ0v) is 20.9. The van der Waals surface area contributed by atoms with E-state index in [1.54, 1.807) is 60.7 Å². The lowest BCUT2D eigenvalue weighted by Crippen LogP contribution is -2.30. The van der Waals surface area contributed by atoms with Gasteiger partial charge in [0.25, 0.3) is 5.91 Å². The van der Waals surface area contributed by atoms with Gasteiger partial charge in [-0.15, -0.1) is 0 Å². The number of nitrogens with one attached hydrogen (secondary N) is 1. The fraction of sp³-hybridized carbons (Fsp3) is 0.0435. The van der Waals surface area contributed by atoms with Crippen LogP contribution in [0, 0.1) is 0 Å². The standard InChI is InChI=1S/C23H14Br2Cl2N2O3/c24-17-8-13(9-18(25)21(17)32-12-14-6-7-15(26)11-19(14)27)10-20-22(30)29(23(31)28-20)16-4-2-1-3-5-16/h1-11H,12H2,(H,28,31)/b20-10+. The van der Waals surface area contributed by atoms with Gasteiger partial charge in [-0.25, -0.2) is 9.69 Å². The molecule has 1 heterocycles. The molecule has 3 amide bonds. The third kappa shape index (κ3) is 4.86. The molecule has 5 nitrogen and oxygen atoms in total. The van der Waals surface area contributed by atoms with Crippen molar-refractivity contribution in [3.05, 3.63) is 96.5 Å². The fourth-order valence-corrected chi connectivity index (χ4v) is 5.02. The Hall–Kier alpha value is -2.32. The third-order valence-corrected chi connectivity index (χ3v) is 6.38. The Morgan fingerprint density at radius 2 is 1.66 bits per heavy atom. The molecule has 1 aliphatic heterocycles. The van der Waals surface area contributed by atoms with Crippen molar-refractivity contribution in [2.24, 2.45) is 0 Å². The highest BCUT2D eigenvalue weighted by molar-refractivity contribution is 9.11. The normalized spacial score (nSPS) is 14.8. The van der Waals surface area contributed by atoms with Crippen LogP contribution in [0.1, 0.15) is 11.1 Å². The van der Waals surface area contributed by atoms with Crippen molar-refractivity contribution < 1.29 is 14.3 Å². The number of hydrogen-bond acceptors (Lipinski definition) is 3. The molecule has 1 aliphatic rings. The number of anilines is 1. The lowest BCUT2D eigenvalue weighted by molar-refractivity contribution is -0.113. The van der Waals surface area contributed by atoms with E-state index in [-0.39, 0.29) is 12.3 Å². The molecule has 0 atom stereocenters. The van der Waals surface area contributed by atoms with Gasteiger partial charge in [-0.1, -0.05) is 47.5 Å². The number of carbonyl (C=O) groups is 2. The second-order valence-corrected chi connectivity index (χ2v) is 9.35. The molecule has 0 spiro atoms. The van der Waals surface area contributed by atoms with E-state index < -0.39 is 11.9 Å². The first kappa shape index (κ1) is 22.9. The highest BCUT2D eigenvalue weighted by Crippen LogP contribution is 2.36. The number of benzene rings is 3. The van der Waals surface area contributed by atoms with Gasteiger partial charge in [0.1, 0.15) is 18.1 Å². The van der Waals surface area contributed by atoms with Crippen LogP contribution in [0.15, 0.2) is 75.3 Å². The molecule has 1 saturated heterocycles. The molecule has 3 aromatic rings. The molecule has 4 rings (SSSR count). The molecule has 0 aromatic heterocycles. The van der Waals surface area contributed by atoms with Gasteiger partial charge >= 0.3 is 6.03 Å². The number of halogens is 4. The van der Waals surface area contributed by atoms with Crippen molar-refractivity contribution >= 4 is 78.8 Å². The quantitative estimate of drug-likeness (QED) is 0.250. The number of imide groups is 1. The monoisotopic (exact) mass is 594 g/mol. The van der Waals surface area contributed by atoms with Crippen molar-refractivity contribution in [2.75, 3.05) is 4.90 Å². The highest BCUT2D eigenvalue weighted by atomic mass is 79.9.